The zero-order chi connectivity index (χ0) is 24.8. The molecule has 0 spiro atoms. The molecule has 0 unspecified atom stereocenters. The summed E-state index contributed by atoms with van der Waals surface area (Å²) in [6.07, 6.45) is 9.18. The van der Waals surface area contributed by atoms with Gasteiger partial charge < -0.3 is 14.6 Å². The zero-order valence-electron chi connectivity index (χ0n) is 21.0. The molecule has 2 fully saturated rings. The lowest BCUT2D eigenvalue weighted by atomic mass is 9.38. The van der Waals surface area contributed by atoms with Gasteiger partial charge in [0.1, 0.15) is 6.10 Å². The topological polar surface area (TPSA) is 89.9 Å². The Balaban J connectivity index is 1.62. The molecule has 0 aromatic rings. The summed E-state index contributed by atoms with van der Waals surface area (Å²) in [6.45, 7) is 12.2. The second kappa shape index (κ2) is 7.16. The molecule has 0 aromatic carbocycles. The number of ketones is 1. The highest BCUT2D eigenvalue weighted by molar-refractivity contribution is 5.95. The first-order valence-electron chi connectivity index (χ1n) is 12.5. The Labute approximate surface area is 201 Å². The van der Waals surface area contributed by atoms with Crippen molar-refractivity contribution in [3.63, 3.8) is 0 Å². The van der Waals surface area contributed by atoms with E-state index in [-0.39, 0.29) is 46.4 Å². The molecule has 184 valence electrons. The molecule has 0 bridgehead atoms. The van der Waals surface area contributed by atoms with Gasteiger partial charge in [-0.2, -0.15) is 0 Å². The van der Waals surface area contributed by atoms with Gasteiger partial charge in [-0.15, -0.1) is 0 Å². The third-order valence-electron chi connectivity index (χ3n) is 10.4. The SMILES string of the molecule is CC(=O)O[C@@H]1C[C@H]2C(C)(C)C(=O)C=C[C@]2(C)[C@H]2CC[C@]3(C)C(=CC[C@H]3C3=CC(=O)O[C@@H]3O)[C@@]21C. The van der Waals surface area contributed by atoms with Crippen LogP contribution in [0.3, 0.4) is 0 Å². The molecule has 6 heteroatoms. The van der Waals surface area contributed by atoms with E-state index in [1.165, 1.54) is 18.6 Å². The molecule has 0 amide bonds. The van der Waals surface area contributed by atoms with Gasteiger partial charge >= 0.3 is 11.9 Å². The highest BCUT2D eigenvalue weighted by Gasteiger charge is 2.68. The van der Waals surface area contributed by atoms with Crippen LogP contribution in [-0.4, -0.2) is 35.2 Å². The van der Waals surface area contributed by atoms with Crippen LogP contribution in [0, 0.1) is 39.4 Å². The van der Waals surface area contributed by atoms with E-state index in [9.17, 15) is 19.5 Å². The number of esters is 2. The van der Waals surface area contributed by atoms with Crippen molar-refractivity contribution in [1.29, 1.82) is 0 Å². The van der Waals surface area contributed by atoms with Crippen LogP contribution >= 0.6 is 0 Å². The number of hydrogen-bond acceptors (Lipinski definition) is 6. The van der Waals surface area contributed by atoms with Crippen molar-refractivity contribution in [1.82, 2.24) is 0 Å². The number of carbonyl (C=O) groups is 3. The molecule has 6 nitrogen and oxygen atoms in total. The summed E-state index contributed by atoms with van der Waals surface area (Å²) < 4.78 is 11.1. The molecule has 34 heavy (non-hydrogen) atoms. The molecule has 1 heterocycles. The Morgan fingerprint density at radius 3 is 2.47 bits per heavy atom. The van der Waals surface area contributed by atoms with Crippen molar-refractivity contribution in [2.75, 3.05) is 0 Å². The largest absolute Gasteiger partial charge is 0.462 e. The van der Waals surface area contributed by atoms with Crippen LogP contribution in [0.2, 0.25) is 0 Å². The van der Waals surface area contributed by atoms with Gasteiger partial charge in [-0.25, -0.2) is 4.79 Å². The molecule has 0 saturated heterocycles. The first-order valence-corrected chi connectivity index (χ1v) is 12.5. The van der Waals surface area contributed by atoms with Crippen molar-refractivity contribution in [3.05, 3.63) is 35.5 Å². The van der Waals surface area contributed by atoms with E-state index in [2.05, 4.69) is 32.9 Å². The number of fused-ring (bicyclic) bond motifs is 5. The maximum Gasteiger partial charge on any atom is 0.333 e. The Morgan fingerprint density at radius 1 is 1.15 bits per heavy atom. The van der Waals surface area contributed by atoms with E-state index in [4.69, 9.17) is 9.47 Å². The standard InChI is InChI=1S/C28H36O6/c1-15(29)33-22-14-20-25(2,3)21(30)10-12-27(20,5)19-9-11-26(4)17(7-8-18(26)28(19,22)6)16-13-23(31)34-24(16)32/h8,10,12-13,17,19-20,22,24,32H,7,9,11,14H2,1-6H3/t17-,19+,20-,22+,24-,26-,27+,28-/m0/s1. The van der Waals surface area contributed by atoms with Gasteiger partial charge in [0, 0.05) is 29.4 Å². The van der Waals surface area contributed by atoms with Gasteiger partial charge in [0.25, 0.3) is 0 Å². The number of rotatable bonds is 2. The highest BCUT2D eigenvalue weighted by Crippen LogP contribution is 2.72. The predicted molar refractivity (Wildman–Crippen MR) is 125 cm³/mol. The lowest BCUT2D eigenvalue weighted by Crippen LogP contribution is -2.64. The van der Waals surface area contributed by atoms with Crippen LogP contribution < -0.4 is 0 Å². The van der Waals surface area contributed by atoms with E-state index in [0.29, 0.717) is 18.4 Å². The molecule has 5 rings (SSSR count). The van der Waals surface area contributed by atoms with Crippen LogP contribution in [0.5, 0.6) is 0 Å². The van der Waals surface area contributed by atoms with Crippen molar-refractivity contribution in [2.45, 2.75) is 79.6 Å². The Hall–Kier alpha value is -2.21. The average molecular weight is 469 g/mol. The van der Waals surface area contributed by atoms with Crippen molar-refractivity contribution >= 4 is 17.7 Å². The maximum atomic E-state index is 12.9. The van der Waals surface area contributed by atoms with E-state index in [0.717, 1.165) is 12.8 Å². The predicted octanol–water partition coefficient (Wildman–Crippen LogP) is 4.28. The second-order valence-electron chi connectivity index (χ2n) is 12.3. The molecular formula is C28H36O6. The smallest absolute Gasteiger partial charge is 0.333 e. The highest BCUT2D eigenvalue weighted by atomic mass is 16.6. The minimum Gasteiger partial charge on any atom is -0.462 e. The van der Waals surface area contributed by atoms with Crippen molar-refractivity contribution < 1.29 is 29.0 Å². The maximum absolute atomic E-state index is 12.9. The third-order valence-corrected chi connectivity index (χ3v) is 10.4. The van der Waals surface area contributed by atoms with Crippen molar-refractivity contribution in [2.24, 2.45) is 39.4 Å². The van der Waals surface area contributed by atoms with Gasteiger partial charge in [0.2, 0.25) is 6.29 Å². The summed E-state index contributed by atoms with van der Waals surface area (Å²) in [4.78, 5) is 37.1. The van der Waals surface area contributed by atoms with E-state index in [1.54, 1.807) is 6.08 Å². The van der Waals surface area contributed by atoms with E-state index < -0.39 is 23.1 Å². The number of allylic oxidation sites excluding steroid dienone is 3. The molecule has 1 aliphatic heterocycles. The monoisotopic (exact) mass is 468 g/mol. The summed E-state index contributed by atoms with van der Waals surface area (Å²) in [6, 6.07) is 0. The first kappa shape index (κ1) is 23.5. The normalized spacial score (nSPS) is 46.6. The molecular weight excluding hydrogens is 432 g/mol. The fourth-order valence-corrected chi connectivity index (χ4v) is 8.82. The van der Waals surface area contributed by atoms with Gasteiger partial charge in [-0.05, 0) is 60.3 Å². The number of aliphatic hydroxyl groups excluding tert-OH is 1. The quantitative estimate of drug-likeness (QED) is 0.481. The number of ether oxygens (including phenoxy) is 2. The molecule has 4 aliphatic carbocycles. The van der Waals surface area contributed by atoms with Crippen LogP contribution in [-0.2, 0) is 23.9 Å². The second-order valence-corrected chi connectivity index (χ2v) is 12.3. The zero-order valence-corrected chi connectivity index (χ0v) is 21.0. The van der Waals surface area contributed by atoms with Gasteiger partial charge in [0.15, 0.2) is 5.78 Å². The lowest BCUT2D eigenvalue weighted by Gasteiger charge is -2.66. The van der Waals surface area contributed by atoms with Gasteiger partial charge in [-0.3, -0.25) is 9.59 Å². The van der Waals surface area contributed by atoms with Crippen LogP contribution in [0.4, 0.5) is 0 Å². The van der Waals surface area contributed by atoms with E-state index in [1.807, 2.05) is 13.8 Å². The molecule has 5 aliphatic rings. The summed E-state index contributed by atoms with van der Waals surface area (Å²) >= 11 is 0. The van der Waals surface area contributed by atoms with Gasteiger partial charge in [0.05, 0.1) is 0 Å². The summed E-state index contributed by atoms with van der Waals surface area (Å²) in [5, 5.41) is 10.4. The van der Waals surface area contributed by atoms with Crippen LogP contribution in [0.15, 0.2) is 35.5 Å². The van der Waals surface area contributed by atoms with Gasteiger partial charge in [-0.1, -0.05) is 52.3 Å². The fourth-order valence-electron chi connectivity index (χ4n) is 8.82. The van der Waals surface area contributed by atoms with Crippen molar-refractivity contribution in [3.8, 4) is 0 Å². The molecule has 1 N–H and O–H groups in total. The number of cyclic esters (lactones) is 1. The Kier molecular flexibility index (Phi) is 4.95. The van der Waals surface area contributed by atoms with E-state index >= 15 is 0 Å². The third kappa shape index (κ3) is 2.87. The molecule has 0 radical (unpaired) electrons. The molecule has 2 saturated carbocycles. The number of hydrogen-bond donors (Lipinski definition) is 1. The number of carbonyl (C=O) groups excluding carboxylic acids is 3. The summed E-state index contributed by atoms with van der Waals surface area (Å²) in [5.74, 6) is -0.459. The molecule has 0 aromatic heterocycles. The Bertz CT molecular complexity index is 1060. The minimum absolute atomic E-state index is 0.0369. The Morgan fingerprint density at radius 2 is 1.85 bits per heavy atom. The van der Waals surface area contributed by atoms with Crippen LogP contribution in [0.1, 0.15) is 67.2 Å². The first-order chi connectivity index (χ1) is 15.8. The average Bonchev–Trinajstić information content (AvgIpc) is 3.25. The minimum atomic E-state index is -1.20. The fraction of sp³-hybridized carbons (Fsp3) is 0.679. The summed E-state index contributed by atoms with van der Waals surface area (Å²) in [5.41, 5.74) is 0.449. The lowest BCUT2D eigenvalue weighted by molar-refractivity contribution is -0.187. The van der Waals surface area contributed by atoms with Crippen LogP contribution in [0.25, 0.3) is 0 Å². The summed E-state index contributed by atoms with van der Waals surface area (Å²) in [7, 11) is 0. The number of aliphatic hydroxyl groups is 1. The molecule has 8 atom stereocenters.